The van der Waals surface area contributed by atoms with E-state index in [0.717, 1.165) is 0 Å². The summed E-state index contributed by atoms with van der Waals surface area (Å²) in [5.41, 5.74) is 0.884. The molecule has 0 aliphatic carbocycles. The number of aryl methyl sites for hydroxylation is 1. The predicted octanol–water partition coefficient (Wildman–Crippen LogP) is 2.75. The van der Waals surface area contributed by atoms with Gasteiger partial charge in [0.25, 0.3) is 5.69 Å². The van der Waals surface area contributed by atoms with Gasteiger partial charge in [0.2, 0.25) is 0 Å². The first-order valence-electron chi connectivity index (χ1n) is 2.92. The maximum atomic E-state index is 10.2. The van der Waals surface area contributed by atoms with Gasteiger partial charge in [0, 0.05) is 11.6 Å². The number of hydrogen-bond acceptors (Lipinski definition) is 2. The molecule has 0 aliphatic rings. The summed E-state index contributed by atoms with van der Waals surface area (Å²) in [5.74, 6) is 0. The molecule has 0 fully saturated rings. The zero-order chi connectivity index (χ0) is 7.56. The van der Waals surface area contributed by atoms with Gasteiger partial charge in [-0.3, -0.25) is 10.1 Å². The van der Waals surface area contributed by atoms with Crippen molar-refractivity contribution in [2.45, 2.75) is 6.92 Å². The van der Waals surface area contributed by atoms with Gasteiger partial charge in [-0.05, 0) is 6.92 Å². The van der Waals surface area contributed by atoms with Crippen LogP contribution < -0.4 is 0 Å². The van der Waals surface area contributed by atoms with Crippen molar-refractivity contribution >= 4 is 30.5 Å². The van der Waals surface area contributed by atoms with Gasteiger partial charge >= 0.3 is 0 Å². The number of nitro benzene ring substituents is 1. The molecule has 0 heterocycles. The van der Waals surface area contributed by atoms with Crippen LogP contribution in [-0.2, 0) is 0 Å². The smallest absolute Gasteiger partial charge is 0.258 e. The van der Waals surface area contributed by atoms with Gasteiger partial charge in [0.1, 0.15) is 0 Å². The normalized spacial score (nSPS) is 7.75. The number of halogens is 2. The molecular weight excluding hydrogens is 201 g/mol. The number of benzene rings is 1. The topological polar surface area (TPSA) is 43.1 Å². The molecular formula is C7H9Cl2NO2. The van der Waals surface area contributed by atoms with Crippen molar-refractivity contribution in [3.05, 3.63) is 39.9 Å². The van der Waals surface area contributed by atoms with Crippen molar-refractivity contribution in [1.82, 2.24) is 0 Å². The lowest BCUT2D eigenvalue weighted by Crippen LogP contribution is -1.89. The highest BCUT2D eigenvalue weighted by Gasteiger charge is 2.05. The van der Waals surface area contributed by atoms with Crippen LogP contribution in [0.5, 0.6) is 0 Å². The lowest BCUT2D eigenvalue weighted by Gasteiger charge is -1.92. The Balaban J connectivity index is 0. The summed E-state index contributed by atoms with van der Waals surface area (Å²) in [6, 6.07) is 6.65. The van der Waals surface area contributed by atoms with Gasteiger partial charge in [0.05, 0.1) is 4.92 Å². The van der Waals surface area contributed by atoms with Crippen molar-refractivity contribution < 1.29 is 4.92 Å². The zero-order valence-electron chi connectivity index (χ0n) is 6.39. The third kappa shape index (κ3) is 3.07. The number of rotatable bonds is 1. The molecule has 0 amide bonds. The molecule has 1 aromatic carbocycles. The molecule has 0 aliphatic heterocycles. The Labute approximate surface area is 82.8 Å². The monoisotopic (exact) mass is 209 g/mol. The van der Waals surface area contributed by atoms with Crippen molar-refractivity contribution in [3.8, 4) is 0 Å². The van der Waals surface area contributed by atoms with E-state index in [1.807, 2.05) is 0 Å². The fraction of sp³-hybridized carbons (Fsp3) is 0.143. The van der Waals surface area contributed by atoms with Gasteiger partial charge in [-0.25, -0.2) is 0 Å². The molecule has 3 nitrogen and oxygen atoms in total. The molecule has 0 bridgehead atoms. The number of para-hydroxylation sites is 1. The maximum absolute atomic E-state index is 10.2. The minimum absolute atomic E-state index is 0. The maximum Gasteiger partial charge on any atom is 0.272 e. The van der Waals surface area contributed by atoms with Crippen LogP contribution in [0.2, 0.25) is 0 Å². The lowest BCUT2D eigenvalue weighted by atomic mass is 10.2. The molecule has 1 aromatic rings. The van der Waals surface area contributed by atoms with E-state index in [2.05, 4.69) is 0 Å². The van der Waals surface area contributed by atoms with E-state index < -0.39 is 0 Å². The van der Waals surface area contributed by atoms with E-state index in [1.54, 1.807) is 25.1 Å². The summed E-state index contributed by atoms with van der Waals surface area (Å²) >= 11 is 0. The summed E-state index contributed by atoms with van der Waals surface area (Å²) < 4.78 is 0. The van der Waals surface area contributed by atoms with Gasteiger partial charge in [0.15, 0.2) is 0 Å². The third-order valence-electron chi connectivity index (χ3n) is 1.31. The molecule has 0 radical (unpaired) electrons. The Bertz CT molecular complexity index is 265. The van der Waals surface area contributed by atoms with Crippen LogP contribution in [0.25, 0.3) is 0 Å². The van der Waals surface area contributed by atoms with Crippen molar-refractivity contribution in [2.75, 3.05) is 0 Å². The average molecular weight is 210 g/mol. The molecule has 68 valence electrons. The highest BCUT2D eigenvalue weighted by Crippen LogP contribution is 2.14. The van der Waals surface area contributed by atoms with Crippen LogP contribution in [0.1, 0.15) is 5.56 Å². The Morgan fingerprint density at radius 1 is 1.25 bits per heavy atom. The summed E-state index contributed by atoms with van der Waals surface area (Å²) in [4.78, 5) is 9.85. The molecule has 0 unspecified atom stereocenters. The fourth-order valence-electron chi connectivity index (χ4n) is 0.768. The number of nitrogens with zero attached hydrogens (tertiary/aromatic N) is 1. The van der Waals surface area contributed by atoms with E-state index in [-0.39, 0.29) is 35.4 Å². The molecule has 5 heteroatoms. The molecule has 1 rings (SSSR count). The Hall–Kier alpha value is -0.800. The van der Waals surface area contributed by atoms with E-state index >= 15 is 0 Å². The van der Waals surface area contributed by atoms with Crippen molar-refractivity contribution in [1.29, 1.82) is 0 Å². The van der Waals surface area contributed by atoms with Crippen molar-refractivity contribution in [2.24, 2.45) is 0 Å². The SMILES string of the molecule is Cc1ccccc1[N+](=O)[O-].Cl.Cl. The molecule has 0 N–H and O–H groups in total. The van der Waals surface area contributed by atoms with Gasteiger partial charge in [-0.1, -0.05) is 18.2 Å². The molecule has 0 aromatic heterocycles. The molecule has 0 atom stereocenters. The Morgan fingerprint density at radius 2 is 1.75 bits per heavy atom. The average Bonchev–Trinajstić information content (AvgIpc) is 1.88. The van der Waals surface area contributed by atoms with Gasteiger partial charge in [-0.2, -0.15) is 0 Å². The molecule has 0 saturated carbocycles. The largest absolute Gasteiger partial charge is 0.272 e. The highest BCUT2D eigenvalue weighted by molar-refractivity contribution is 5.85. The minimum atomic E-state index is -0.380. The van der Waals surface area contributed by atoms with Crippen molar-refractivity contribution in [3.63, 3.8) is 0 Å². The van der Waals surface area contributed by atoms with Crippen LogP contribution in [0.15, 0.2) is 24.3 Å². The Kier molecular flexibility index (Phi) is 6.65. The minimum Gasteiger partial charge on any atom is -0.258 e. The van der Waals surface area contributed by atoms with Crippen LogP contribution in [0, 0.1) is 17.0 Å². The molecule has 12 heavy (non-hydrogen) atoms. The second kappa shape index (κ2) is 5.80. The second-order valence-corrected chi connectivity index (χ2v) is 2.04. The van der Waals surface area contributed by atoms with Gasteiger partial charge < -0.3 is 0 Å². The van der Waals surface area contributed by atoms with Crippen LogP contribution in [-0.4, -0.2) is 4.92 Å². The van der Waals surface area contributed by atoms with Crippen LogP contribution in [0.3, 0.4) is 0 Å². The fourth-order valence-corrected chi connectivity index (χ4v) is 0.768. The van der Waals surface area contributed by atoms with E-state index in [0.29, 0.717) is 5.56 Å². The summed E-state index contributed by atoms with van der Waals surface area (Å²) in [6.07, 6.45) is 0. The quantitative estimate of drug-likeness (QED) is 0.528. The summed E-state index contributed by atoms with van der Waals surface area (Å²) in [6.45, 7) is 1.72. The molecule has 0 saturated heterocycles. The number of nitro groups is 1. The van der Waals surface area contributed by atoms with Crippen LogP contribution >= 0.6 is 24.8 Å². The summed E-state index contributed by atoms with van der Waals surface area (Å²) in [7, 11) is 0. The van der Waals surface area contributed by atoms with Gasteiger partial charge in [-0.15, -0.1) is 24.8 Å². The Morgan fingerprint density at radius 3 is 2.08 bits per heavy atom. The van der Waals surface area contributed by atoms with Crippen LogP contribution in [0.4, 0.5) is 5.69 Å². The standard InChI is InChI=1S/C7H7NO2.2ClH/c1-6-4-2-3-5-7(6)8(9)10;;/h2-5H,1H3;2*1H. The summed E-state index contributed by atoms with van der Waals surface area (Å²) in [5, 5.41) is 10.2. The highest BCUT2D eigenvalue weighted by atomic mass is 35.5. The first-order valence-corrected chi connectivity index (χ1v) is 2.92. The second-order valence-electron chi connectivity index (χ2n) is 2.04. The van der Waals surface area contributed by atoms with E-state index in [4.69, 9.17) is 0 Å². The predicted molar refractivity (Wildman–Crippen MR) is 52.3 cm³/mol. The lowest BCUT2D eigenvalue weighted by molar-refractivity contribution is -0.385. The molecule has 0 spiro atoms. The first-order chi connectivity index (χ1) is 4.72. The third-order valence-corrected chi connectivity index (χ3v) is 1.31. The van der Waals surface area contributed by atoms with E-state index in [1.165, 1.54) is 6.07 Å². The first kappa shape index (κ1) is 13.8. The van der Waals surface area contributed by atoms with E-state index in [9.17, 15) is 10.1 Å². The zero-order valence-corrected chi connectivity index (χ0v) is 8.02. The number of hydrogen-bond donors (Lipinski definition) is 0.